The van der Waals surface area contributed by atoms with E-state index in [1.807, 2.05) is 13.0 Å². The number of hydrogen-bond donors (Lipinski definition) is 1. The molecule has 0 atom stereocenters. The lowest BCUT2D eigenvalue weighted by Gasteiger charge is -2.35. The first-order valence-corrected chi connectivity index (χ1v) is 7.22. The maximum Gasteiger partial charge on any atom is 0.158 e. The second-order valence-corrected chi connectivity index (χ2v) is 5.39. The van der Waals surface area contributed by atoms with Gasteiger partial charge in [-0.1, -0.05) is 0 Å². The average Bonchev–Trinajstić information content (AvgIpc) is 2.44. The Morgan fingerprint density at radius 1 is 1.35 bits per heavy atom. The van der Waals surface area contributed by atoms with E-state index in [1.165, 1.54) is 0 Å². The summed E-state index contributed by atoms with van der Waals surface area (Å²) in [6.07, 6.45) is 2.30. The molecule has 0 bridgehead atoms. The summed E-state index contributed by atoms with van der Waals surface area (Å²) < 4.78 is 5.36. The van der Waals surface area contributed by atoms with Crippen molar-refractivity contribution < 1.29 is 4.74 Å². The van der Waals surface area contributed by atoms with Crippen LogP contribution in [-0.4, -0.2) is 54.7 Å². The Morgan fingerprint density at radius 2 is 2.05 bits per heavy atom. The summed E-state index contributed by atoms with van der Waals surface area (Å²) in [5, 5.41) is 0. The summed E-state index contributed by atoms with van der Waals surface area (Å²) >= 11 is 0. The van der Waals surface area contributed by atoms with E-state index in [2.05, 4.69) is 33.9 Å². The van der Waals surface area contributed by atoms with Crippen molar-refractivity contribution in [2.24, 2.45) is 0 Å². The number of anilines is 2. The van der Waals surface area contributed by atoms with E-state index in [-0.39, 0.29) is 0 Å². The quantitative estimate of drug-likeness (QED) is 0.871. The van der Waals surface area contributed by atoms with Gasteiger partial charge in [-0.15, -0.1) is 0 Å². The summed E-state index contributed by atoms with van der Waals surface area (Å²) in [7, 11) is 4.28. The van der Waals surface area contributed by atoms with Gasteiger partial charge in [0.05, 0.1) is 0 Å². The van der Waals surface area contributed by atoms with Gasteiger partial charge >= 0.3 is 0 Å². The Morgan fingerprint density at radius 3 is 2.65 bits per heavy atom. The molecule has 1 saturated heterocycles. The summed E-state index contributed by atoms with van der Waals surface area (Å²) in [5.74, 6) is 2.10. The molecule has 0 aromatic carbocycles. The van der Waals surface area contributed by atoms with E-state index in [4.69, 9.17) is 10.5 Å². The minimum Gasteiger partial charge on any atom is -0.384 e. The third-order valence-electron chi connectivity index (χ3n) is 3.73. The van der Waals surface area contributed by atoms with E-state index < -0.39 is 0 Å². The van der Waals surface area contributed by atoms with Gasteiger partial charge in [-0.05, 0) is 33.9 Å². The third-order valence-corrected chi connectivity index (χ3v) is 3.73. The number of nitrogen functional groups attached to an aromatic ring is 1. The minimum atomic E-state index is 0.419. The predicted molar refractivity (Wildman–Crippen MR) is 80.7 cm³/mol. The van der Waals surface area contributed by atoms with E-state index in [0.29, 0.717) is 30.9 Å². The van der Waals surface area contributed by atoms with Crippen LogP contribution in [0.5, 0.6) is 0 Å². The molecule has 1 fully saturated rings. The first-order valence-electron chi connectivity index (χ1n) is 7.22. The maximum absolute atomic E-state index is 5.87. The average molecular weight is 279 g/mol. The molecule has 0 unspecified atom stereocenters. The van der Waals surface area contributed by atoms with Gasteiger partial charge in [0, 0.05) is 31.8 Å². The Bertz CT molecular complexity index is 430. The smallest absolute Gasteiger partial charge is 0.158 e. The molecule has 6 heteroatoms. The SMILES string of the molecule is CCOCc1nc(N)cc(N2CCC(N(C)C)CC2)n1. The molecule has 0 saturated carbocycles. The zero-order valence-corrected chi connectivity index (χ0v) is 12.7. The highest BCUT2D eigenvalue weighted by atomic mass is 16.5. The van der Waals surface area contributed by atoms with Crippen molar-refractivity contribution >= 4 is 11.6 Å². The van der Waals surface area contributed by atoms with Crippen molar-refractivity contribution in [1.29, 1.82) is 0 Å². The number of rotatable bonds is 5. The predicted octanol–water partition coefficient (Wildman–Crippen LogP) is 1.13. The van der Waals surface area contributed by atoms with E-state index >= 15 is 0 Å². The van der Waals surface area contributed by atoms with Gasteiger partial charge in [-0.3, -0.25) is 0 Å². The van der Waals surface area contributed by atoms with Crippen LogP contribution in [-0.2, 0) is 11.3 Å². The lowest BCUT2D eigenvalue weighted by molar-refractivity contribution is 0.128. The molecular weight excluding hydrogens is 254 g/mol. The maximum atomic E-state index is 5.87. The first-order chi connectivity index (χ1) is 9.60. The zero-order chi connectivity index (χ0) is 14.5. The molecule has 2 N–H and O–H groups in total. The summed E-state index contributed by atoms with van der Waals surface area (Å²) in [6, 6.07) is 2.51. The van der Waals surface area contributed by atoms with Crippen molar-refractivity contribution in [2.45, 2.75) is 32.4 Å². The zero-order valence-electron chi connectivity index (χ0n) is 12.7. The molecule has 1 aliphatic heterocycles. The molecule has 2 rings (SSSR count). The van der Waals surface area contributed by atoms with Crippen LogP contribution in [0.3, 0.4) is 0 Å². The van der Waals surface area contributed by atoms with Crippen LogP contribution in [0.1, 0.15) is 25.6 Å². The second-order valence-electron chi connectivity index (χ2n) is 5.39. The summed E-state index contributed by atoms with van der Waals surface area (Å²) in [6.45, 7) is 5.05. The van der Waals surface area contributed by atoms with Crippen molar-refractivity contribution in [3.8, 4) is 0 Å². The van der Waals surface area contributed by atoms with Crippen molar-refractivity contribution in [3.05, 3.63) is 11.9 Å². The summed E-state index contributed by atoms with van der Waals surface area (Å²) in [5.41, 5.74) is 5.87. The molecule has 0 aliphatic carbocycles. The highest BCUT2D eigenvalue weighted by Gasteiger charge is 2.22. The monoisotopic (exact) mass is 279 g/mol. The van der Waals surface area contributed by atoms with Gasteiger partial charge in [0.15, 0.2) is 5.82 Å². The number of aromatic nitrogens is 2. The van der Waals surface area contributed by atoms with Crippen LogP contribution in [0.2, 0.25) is 0 Å². The first kappa shape index (κ1) is 15.0. The van der Waals surface area contributed by atoms with Crippen LogP contribution in [0.25, 0.3) is 0 Å². The summed E-state index contributed by atoms with van der Waals surface area (Å²) in [4.78, 5) is 13.4. The molecule has 6 nitrogen and oxygen atoms in total. The van der Waals surface area contributed by atoms with E-state index in [9.17, 15) is 0 Å². The highest BCUT2D eigenvalue weighted by molar-refractivity contribution is 5.47. The molecule has 1 aromatic heterocycles. The Kier molecular flexibility index (Phi) is 5.14. The van der Waals surface area contributed by atoms with Gasteiger partial charge in [0.1, 0.15) is 18.2 Å². The topological polar surface area (TPSA) is 67.5 Å². The van der Waals surface area contributed by atoms with Crippen molar-refractivity contribution in [2.75, 3.05) is 44.4 Å². The Hall–Kier alpha value is -1.40. The fourth-order valence-corrected chi connectivity index (χ4v) is 2.53. The number of nitrogens with two attached hydrogens (primary N) is 1. The van der Waals surface area contributed by atoms with Gasteiger partial charge in [0.25, 0.3) is 0 Å². The number of nitrogens with zero attached hydrogens (tertiary/aromatic N) is 4. The fourth-order valence-electron chi connectivity index (χ4n) is 2.53. The largest absolute Gasteiger partial charge is 0.384 e. The van der Waals surface area contributed by atoms with Crippen LogP contribution in [0.4, 0.5) is 11.6 Å². The molecule has 0 amide bonds. The van der Waals surface area contributed by atoms with Crippen molar-refractivity contribution in [1.82, 2.24) is 14.9 Å². The highest BCUT2D eigenvalue weighted by Crippen LogP contribution is 2.21. The fraction of sp³-hybridized carbons (Fsp3) is 0.714. The van der Waals surface area contributed by atoms with Gasteiger partial charge < -0.3 is 20.3 Å². The van der Waals surface area contributed by atoms with Gasteiger partial charge in [-0.25, -0.2) is 9.97 Å². The number of hydrogen-bond acceptors (Lipinski definition) is 6. The normalized spacial score (nSPS) is 16.9. The molecule has 2 heterocycles. The number of ether oxygens (including phenoxy) is 1. The molecule has 20 heavy (non-hydrogen) atoms. The molecule has 0 radical (unpaired) electrons. The van der Waals surface area contributed by atoms with Crippen molar-refractivity contribution in [3.63, 3.8) is 0 Å². The Balaban J connectivity index is 2.03. The lowest BCUT2D eigenvalue weighted by Crippen LogP contribution is -2.42. The number of piperidine rings is 1. The minimum absolute atomic E-state index is 0.419. The van der Waals surface area contributed by atoms with E-state index in [1.54, 1.807) is 0 Å². The molecular formula is C14H25N5O. The molecule has 0 spiro atoms. The van der Waals surface area contributed by atoms with Crippen LogP contribution in [0, 0.1) is 0 Å². The molecule has 1 aromatic rings. The van der Waals surface area contributed by atoms with Crippen LogP contribution >= 0.6 is 0 Å². The molecule has 1 aliphatic rings. The van der Waals surface area contributed by atoms with Crippen LogP contribution in [0.15, 0.2) is 6.07 Å². The van der Waals surface area contributed by atoms with E-state index in [0.717, 1.165) is 31.7 Å². The lowest BCUT2D eigenvalue weighted by atomic mass is 10.0. The van der Waals surface area contributed by atoms with Gasteiger partial charge in [-0.2, -0.15) is 0 Å². The third kappa shape index (κ3) is 3.80. The van der Waals surface area contributed by atoms with Gasteiger partial charge in [0.2, 0.25) is 0 Å². The van der Waals surface area contributed by atoms with Crippen LogP contribution < -0.4 is 10.6 Å². The molecule has 112 valence electrons. The standard InChI is InChI=1S/C14H25N5O/c1-4-20-10-13-16-12(15)9-14(17-13)19-7-5-11(6-8-19)18(2)3/h9,11H,4-8,10H2,1-3H3,(H2,15,16,17). The second kappa shape index (κ2) is 6.85. The Labute approximate surface area is 120 Å².